The SMILES string of the molecule is NCC1C2CCC1CN(S(=O)(=O)c1ccccc1[N+](=O)[O-])C2. The molecule has 1 aromatic carbocycles. The molecule has 2 atom stereocenters. The molecule has 2 N–H and O–H groups in total. The van der Waals surface area contributed by atoms with Crippen LogP contribution in [-0.4, -0.2) is 37.3 Å². The molecule has 1 aliphatic carbocycles. The lowest BCUT2D eigenvalue weighted by Gasteiger charge is -2.36. The normalized spacial score (nSPS) is 28.7. The van der Waals surface area contributed by atoms with E-state index in [1.807, 2.05) is 0 Å². The average Bonchev–Trinajstić information content (AvgIpc) is 2.75. The number of fused-ring (bicyclic) bond motifs is 2. The third kappa shape index (κ3) is 2.41. The first kappa shape index (κ1) is 15.4. The molecule has 1 aromatic rings. The minimum Gasteiger partial charge on any atom is -0.330 e. The quantitative estimate of drug-likeness (QED) is 0.661. The Balaban J connectivity index is 1.94. The van der Waals surface area contributed by atoms with Crippen molar-refractivity contribution in [1.82, 2.24) is 4.31 Å². The van der Waals surface area contributed by atoms with E-state index in [0.29, 0.717) is 25.6 Å². The van der Waals surface area contributed by atoms with Crippen molar-refractivity contribution in [1.29, 1.82) is 0 Å². The van der Waals surface area contributed by atoms with Crippen LogP contribution in [0.2, 0.25) is 0 Å². The van der Waals surface area contributed by atoms with E-state index in [1.54, 1.807) is 0 Å². The summed E-state index contributed by atoms with van der Waals surface area (Å²) in [5.41, 5.74) is 5.43. The fraction of sp³-hybridized carbons (Fsp3) is 0.571. The predicted octanol–water partition coefficient (Wildman–Crippen LogP) is 1.20. The van der Waals surface area contributed by atoms with Crippen molar-refractivity contribution < 1.29 is 13.3 Å². The highest BCUT2D eigenvalue weighted by Gasteiger charge is 2.45. The molecule has 1 saturated carbocycles. The van der Waals surface area contributed by atoms with Gasteiger partial charge in [0.1, 0.15) is 0 Å². The zero-order valence-corrected chi connectivity index (χ0v) is 12.9. The van der Waals surface area contributed by atoms with Crippen LogP contribution in [0, 0.1) is 27.9 Å². The number of benzene rings is 1. The first-order valence-electron chi connectivity index (χ1n) is 7.38. The van der Waals surface area contributed by atoms with Crippen molar-refractivity contribution >= 4 is 15.7 Å². The van der Waals surface area contributed by atoms with Gasteiger partial charge in [0, 0.05) is 19.2 Å². The van der Waals surface area contributed by atoms with Crippen LogP contribution in [0.4, 0.5) is 5.69 Å². The lowest BCUT2D eigenvalue weighted by atomic mass is 9.86. The van der Waals surface area contributed by atoms with Crippen LogP contribution in [0.1, 0.15) is 12.8 Å². The molecule has 2 bridgehead atoms. The average molecular weight is 325 g/mol. The van der Waals surface area contributed by atoms with Crippen molar-refractivity contribution in [2.24, 2.45) is 23.5 Å². The largest absolute Gasteiger partial charge is 0.330 e. The number of hydrogen-bond acceptors (Lipinski definition) is 5. The van der Waals surface area contributed by atoms with E-state index in [9.17, 15) is 18.5 Å². The van der Waals surface area contributed by atoms with Gasteiger partial charge < -0.3 is 5.73 Å². The molecule has 7 nitrogen and oxygen atoms in total. The molecule has 3 rings (SSSR count). The lowest BCUT2D eigenvalue weighted by molar-refractivity contribution is -0.387. The summed E-state index contributed by atoms with van der Waals surface area (Å²) in [7, 11) is -3.84. The number of piperidine rings is 1. The number of rotatable bonds is 4. The maximum Gasteiger partial charge on any atom is 0.289 e. The summed E-state index contributed by atoms with van der Waals surface area (Å²) in [6, 6.07) is 5.53. The van der Waals surface area contributed by atoms with Crippen molar-refractivity contribution in [2.75, 3.05) is 19.6 Å². The molecule has 0 radical (unpaired) electrons. The third-order valence-corrected chi connectivity index (χ3v) is 6.83. The number of nitro groups is 1. The summed E-state index contributed by atoms with van der Waals surface area (Å²) in [6.45, 7) is 1.40. The highest BCUT2D eigenvalue weighted by Crippen LogP contribution is 2.43. The highest BCUT2D eigenvalue weighted by atomic mass is 32.2. The molecular weight excluding hydrogens is 306 g/mol. The second-order valence-electron chi connectivity index (χ2n) is 6.04. The van der Waals surface area contributed by atoms with Crippen LogP contribution in [-0.2, 0) is 10.0 Å². The maximum absolute atomic E-state index is 12.8. The summed E-state index contributed by atoms with van der Waals surface area (Å²) >= 11 is 0. The van der Waals surface area contributed by atoms with Gasteiger partial charge in [-0.05, 0) is 43.2 Å². The molecule has 8 heteroatoms. The number of nitrogens with two attached hydrogens (primary N) is 1. The molecule has 1 aliphatic heterocycles. The van der Waals surface area contributed by atoms with Crippen molar-refractivity contribution in [3.63, 3.8) is 0 Å². The van der Waals surface area contributed by atoms with E-state index >= 15 is 0 Å². The molecule has 0 spiro atoms. The van der Waals surface area contributed by atoms with E-state index < -0.39 is 14.9 Å². The molecule has 22 heavy (non-hydrogen) atoms. The molecule has 0 aromatic heterocycles. The van der Waals surface area contributed by atoms with Gasteiger partial charge in [-0.2, -0.15) is 4.31 Å². The monoisotopic (exact) mass is 325 g/mol. The Bertz CT molecular complexity index is 677. The van der Waals surface area contributed by atoms with E-state index in [0.717, 1.165) is 12.8 Å². The van der Waals surface area contributed by atoms with Gasteiger partial charge >= 0.3 is 0 Å². The molecule has 1 heterocycles. The number of nitrogens with zero attached hydrogens (tertiary/aromatic N) is 2. The molecule has 2 aliphatic rings. The second kappa shape index (κ2) is 5.60. The number of hydrogen-bond donors (Lipinski definition) is 1. The number of nitro benzene ring substituents is 1. The third-order valence-electron chi connectivity index (χ3n) is 4.95. The molecule has 2 unspecified atom stereocenters. The zero-order valence-electron chi connectivity index (χ0n) is 12.1. The zero-order chi connectivity index (χ0) is 15.9. The lowest BCUT2D eigenvalue weighted by Crippen LogP contribution is -2.46. The molecule has 1 saturated heterocycles. The summed E-state index contributed by atoms with van der Waals surface area (Å²) in [5.74, 6) is 0.903. The summed E-state index contributed by atoms with van der Waals surface area (Å²) < 4.78 is 27.0. The van der Waals surface area contributed by atoms with Crippen molar-refractivity contribution in [2.45, 2.75) is 17.7 Å². The molecule has 0 amide bonds. The Kier molecular flexibility index (Phi) is 3.92. The minimum atomic E-state index is -3.84. The van der Waals surface area contributed by atoms with Crippen molar-refractivity contribution in [3.8, 4) is 0 Å². The Morgan fingerprint density at radius 2 is 1.82 bits per heavy atom. The summed E-state index contributed by atoms with van der Waals surface area (Å²) in [5, 5.41) is 11.1. The Morgan fingerprint density at radius 3 is 2.36 bits per heavy atom. The topological polar surface area (TPSA) is 107 Å². The van der Waals surface area contributed by atoms with Crippen LogP contribution >= 0.6 is 0 Å². The Hall–Kier alpha value is -1.51. The summed E-state index contributed by atoms with van der Waals surface area (Å²) in [4.78, 5) is 10.2. The first-order chi connectivity index (χ1) is 10.4. The van der Waals surface area contributed by atoms with Crippen LogP contribution < -0.4 is 5.73 Å². The van der Waals surface area contributed by atoms with Gasteiger partial charge in [0.2, 0.25) is 10.0 Å². The number of para-hydroxylation sites is 1. The van der Waals surface area contributed by atoms with Crippen LogP contribution in [0.15, 0.2) is 29.2 Å². The van der Waals surface area contributed by atoms with E-state index in [2.05, 4.69) is 0 Å². The molecular formula is C14H19N3O4S. The van der Waals surface area contributed by atoms with Gasteiger partial charge in [0.05, 0.1) is 4.92 Å². The van der Waals surface area contributed by atoms with Gasteiger partial charge in [-0.1, -0.05) is 12.1 Å². The van der Waals surface area contributed by atoms with Gasteiger partial charge in [0.25, 0.3) is 5.69 Å². The Morgan fingerprint density at radius 1 is 1.23 bits per heavy atom. The van der Waals surface area contributed by atoms with Crippen molar-refractivity contribution in [3.05, 3.63) is 34.4 Å². The highest BCUT2D eigenvalue weighted by molar-refractivity contribution is 7.89. The summed E-state index contributed by atoms with van der Waals surface area (Å²) in [6.07, 6.45) is 1.96. The maximum atomic E-state index is 12.8. The fourth-order valence-corrected chi connectivity index (χ4v) is 5.55. The van der Waals surface area contributed by atoms with E-state index in [-0.39, 0.29) is 22.4 Å². The van der Waals surface area contributed by atoms with Crippen LogP contribution in [0.5, 0.6) is 0 Å². The van der Waals surface area contributed by atoms with Gasteiger partial charge in [-0.15, -0.1) is 0 Å². The van der Waals surface area contributed by atoms with E-state index in [1.165, 1.54) is 28.6 Å². The Labute approximate surface area is 129 Å². The van der Waals surface area contributed by atoms with Crippen LogP contribution in [0.25, 0.3) is 0 Å². The molecule has 2 fully saturated rings. The fourth-order valence-electron chi connectivity index (χ4n) is 3.84. The smallest absolute Gasteiger partial charge is 0.289 e. The first-order valence-corrected chi connectivity index (χ1v) is 8.82. The van der Waals surface area contributed by atoms with Crippen LogP contribution in [0.3, 0.4) is 0 Å². The van der Waals surface area contributed by atoms with Gasteiger partial charge in [0.15, 0.2) is 4.90 Å². The second-order valence-corrected chi connectivity index (χ2v) is 7.95. The molecule has 120 valence electrons. The predicted molar refractivity (Wildman–Crippen MR) is 80.6 cm³/mol. The minimum absolute atomic E-state index is 0.217. The number of sulfonamides is 1. The van der Waals surface area contributed by atoms with E-state index in [4.69, 9.17) is 5.73 Å². The van der Waals surface area contributed by atoms with Gasteiger partial charge in [-0.3, -0.25) is 10.1 Å². The van der Waals surface area contributed by atoms with Gasteiger partial charge in [-0.25, -0.2) is 8.42 Å². The standard InChI is InChI=1S/C14H19N3O4S/c15-7-12-10-5-6-11(12)9-16(8-10)22(20,21)14-4-2-1-3-13(14)17(18)19/h1-4,10-12H,5-9,15H2.